The van der Waals surface area contributed by atoms with E-state index in [1.807, 2.05) is 38.4 Å². The lowest BCUT2D eigenvalue weighted by Crippen LogP contribution is -2.33. The number of amides is 1. The summed E-state index contributed by atoms with van der Waals surface area (Å²) in [6.07, 6.45) is 1.28. The van der Waals surface area contributed by atoms with Crippen LogP contribution in [0.3, 0.4) is 0 Å². The smallest absolute Gasteiger partial charge is 0.243 e. The number of benzene rings is 1. The molecule has 98 valence electrons. The Hall–Kier alpha value is -1.81. The molecule has 0 heterocycles. The lowest BCUT2D eigenvalue weighted by Gasteiger charge is -2.25. The summed E-state index contributed by atoms with van der Waals surface area (Å²) in [5.41, 5.74) is 1.10. The molecule has 0 saturated carbocycles. The first-order valence-corrected chi connectivity index (χ1v) is 5.79. The molecule has 1 amide bonds. The van der Waals surface area contributed by atoms with Crippen LogP contribution in [0, 0.1) is 0 Å². The number of likely N-dealkylation sites (N-methyl/N-ethyl adjacent to an activating group) is 1. The molecule has 0 saturated heterocycles. The Morgan fingerprint density at radius 3 is 2.83 bits per heavy atom. The second-order valence-corrected chi connectivity index (χ2v) is 4.21. The lowest BCUT2D eigenvalue weighted by molar-refractivity contribution is -0.116. The Kier molecular flexibility index (Phi) is 5.39. The molecule has 1 unspecified atom stereocenters. The maximum absolute atomic E-state index is 11.2. The molecule has 1 N–H and O–H groups in total. The molecule has 0 fully saturated rings. The Bertz CT molecular complexity index is 416. The summed E-state index contributed by atoms with van der Waals surface area (Å²) in [7, 11) is 5.59. The van der Waals surface area contributed by atoms with Crippen molar-refractivity contribution in [1.29, 1.82) is 0 Å². The molecule has 4 nitrogen and oxygen atoms in total. The third kappa shape index (κ3) is 3.89. The highest BCUT2D eigenvalue weighted by Crippen LogP contribution is 2.21. The van der Waals surface area contributed by atoms with E-state index in [-0.39, 0.29) is 11.9 Å². The minimum Gasteiger partial charge on any atom is -0.497 e. The van der Waals surface area contributed by atoms with Crippen LogP contribution in [0.25, 0.3) is 0 Å². The average molecular weight is 248 g/mol. The van der Waals surface area contributed by atoms with Gasteiger partial charge < -0.3 is 15.0 Å². The highest BCUT2D eigenvalue weighted by Gasteiger charge is 2.15. The minimum absolute atomic E-state index is 0.101. The number of rotatable bonds is 6. The topological polar surface area (TPSA) is 41.6 Å². The van der Waals surface area contributed by atoms with Crippen LogP contribution in [-0.4, -0.2) is 38.6 Å². The van der Waals surface area contributed by atoms with E-state index in [0.29, 0.717) is 6.54 Å². The number of nitrogens with zero attached hydrogens (tertiary/aromatic N) is 1. The fraction of sp³-hybridized carbons (Fsp3) is 0.357. The minimum atomic E-state index is -0.162. The summed E-state index contributed by atoms with van der Waals surface area (Å²) < 4.78 is 5.21. The lowest BCUT2D eigenvalue weighted by atomic mass is 10.1. The average Bonchev–Trinajstić information content (AvgIpc) is 2.38. The van der Waals surface area contributed by atoms with Gasteiger partial charge >= 0.3 is 0 Å². The van der Waals surface area contributed by atoms with Gasteiger partial charge in [-0.15, -0.1) is 0 Å². The van der Waals surface area contributed by atoms with Crippen LogP contribution in [0.5, 0.6) is 5.75 Å². The van der Waals surface area contributed by atoms with Crippen LogP contribution in [0.4, 0.5) is 0 Å². The van der Waals surface area contributed by atoms with Crippen LogP contribution in [-0.2, 0) is 4.79 Å². The number of carbonyl (C=O) groups excluding carboxylic acids is 1. The molecular formula is C14H20N2O2. The van der Waals surface area contributed by atoms with Crippen molar-refractivity contribution in [2.75, 3.05) is 27.7 Å². The molecule has 1 atom stereocenters. The number of hydrogen-bond acceptors (Lipinski definition) is 3. The number of ether oxygens (including phenoxy) is 1. The molecule has 4 heteroatoms. The molecule has 0 aromatic heterocycles. The van der Waals surface area contributed by atoms with Crippen molar-refractivity contribution < 1.29 is 9.53 Å². The molecule has 0 radical (unpaired) electrons. The van der Waals surface area contributed by atoms with Gasteiger partial charge in [-0.3, -0.25) is 4.79 Å². The molecular weight excluding hydrogens is 228 g/mol. The number of methoxy groups -OCH3 is 1. The van der Waals surface area contributed by atoms with Crippen LogP contribution >= 0.6 is 0 Å². The van der Waals surface area contributed by atoms with Gasteiger partial charge in [0.05, 0.1) is 13.2 Å². The monoisotopic (exact) mass is 248 g/mol. The van der Waals surface area contributed by atoms with Crippen LogP contribution in [0.2, 0.25) is 0 Å². The maximum atomic E-state index is 11.2. The normalized spacial score (nSPS) is 12.0. The standard InChI is InChI=1S/C14H20N2O2/c1-5-14(17)15-10-13(16(2)3)11-7-6-8-12(9-11)18-4/h5-9,13H,1,10H2,2-4H3,(H,15,17). The van der Waals surface area contributed by atoms with Crippen molar-refractivity contribution in [3.05, 3.63) is 42.5 Å². The zero-order valence-electron chi connectivity index (χ0n) is 11.1. The van der Waals surface area contributed by atoms with E-state index in [9.17, 15) is 4.79 Å². The summed E-state index contributed by atoms with van der Waals surface area (Å²) in [6, 6.07) is 7.94. The maximum Gasteiger partial charge on any atom is 0.243 e. The highest BCUT2D eigenvalue weighted by atomic mass is 16.5. The van der Waals surface area contributed by atoms with Crippen LogP contribution < -0.4 is 10.1 Å². The van der Waals surface area contributed by atoms with Crippen LogP contribution in [0.1, 0.15) is 11.6 Å². The third-order valence-corrected chi connectivity index (χ3v) is 2.76. The van der Waals surface area contributed by atoms with Crippen molar-refractivity contribution >= 4 is 5.91 Å². The SMILES string of the molecule is C=CC(=O)NCC(c1cccc(OC)c1)N(C)C. The first-order chi connectivity index (χ1) is 8.58. The molecule has 0 aliphatic rings. The van der Waals surface area contributed by atoms with Gasteiger partial charge in [0.15, 0.2) is 0 Å². The predicted molar refractivity (Wildman–Crippen MR) is 72.6 cm³/mol. The van der Waals surface area contributed by atoms with E-state index in [1.54, 1.807) is 7.11 Å². The van der Waals surface area contributed by atoms with E-state index in [0.717, 1.165) is 11.3 Å². The quantitative estimate of drug-likeness (QED) is 0.777. The van der Waals surface area contributed by atoms with Crippen molar-refractivity contribution in [1.82, 2.24) is 10.2 Å². The molecule has 1 aromatic carbocycles. The fourth-order valence-corrected chi connectivity index (χ4v) is 1.72. The van der Waals surface area contributed by atoms with E-state index in [2.05, 4.69) is 16.8 Å². The molecule has 0 bridgehead atoms. The first kappa shape index (κ1) is 14.3. The molecule has 0 aliphatic carbocycles. The molecule has 18 heavy (non-hydrogen) atoms. The Morgan fingerprint density at radius 2 is 2.28 bits per heavy atom. The second-order valence-electron chi connectivity index (χ2n) is 4.21. The Labute approximate surface area is 108 Å². The summed E-state index contributed by atoms with van der Waals surface area (Å²) >= 11 is 0. The van der Waals surface area contributed by atoms with Gasteiger partial charge in [-0.05, 0) is 37.9 Å². The van der Waals surface area contributed by atoms with E-state index in [4.69, 9.17) is 4.74 Å². The molecule has 1 aromatic rings. The Balaban J connectivity index is 2.83. The first-order valence-electron chi connectivity index (χ1n) is 5.79. The van der Waals surface area contributed by atoms with Crippen molar-refractivity contribution in [2.24, 2.45) is 0 Å². The van der Waals surface area contributed by atoms with E-state index >= 15 is 0 Å². The molecule has 0 spiro atoms. The summed E-state index contributed by atoms with van der Waals surface area (Å²) in [6.45, 7) is 3.97. The van der Waals surface area contributed by atoms with Gasteiger partial charge in [0.25, 0.3) is 0 Å². The fourth-order valence-electron chi connectivity index (χ4n) is 1.72. The summed E-state index contributed by atoms with van der Waals surface area (Å²) in [5, 5.41) is 2.81. The number of nitrogens with one attached hydrogen (secondary N) is 1. The summed E-state index contributed by atoms with van der Waals surface area (Å²) in [5.74, 6) is 0.652. The zero-order chi connectivity index (χ0) is 13.5. The van der Waals surface area contributed by atoms with Gasteiger partial charge in [0.2, 0.25) is 5.91 Å². The van der Waals surface area contributed by atoms with Crippen LogP contribution in [0.15, 0.2) is 36.9 Å². The van der Waals surface area contributed by atoms with Crippen molar-refractivity contribution in [3.8, 4) is 5.75 Å². The third-order valence-electron chi connectivity index (χ3n) is 2.76. The van der Waals surface area contributed by atoms with Crippen molar-refractivity contribution in [3.63, 3.8) is 0 Å². The van der Waals surface area contributed by atoms with Gasteiger partial charge in [-0.2, -0.15) is 0 Å². The van der Waals surface area contributed by atoms with Gasteiger partial charge in [-0.1, -0.05) is 18.7 Å². The van der Waals surface area contributed by atoms with E-state index < -0.39 is 0 Å². The number of carbonyl (C=O) groups is 1. The van der Waals surface area contributed by atoms with E-state index in [1.165, 1.54) is 6.08 Å². The summed E-state index contributed by atoms with van der Waals surface area (Å²) in [4.78, 5) is 13.3. The molecule has 0 aliphatic heterocycles. The highest BCUT2D eigenvalue weighted by molar-refractivity contribution is 5.86. The predicted octanol–water partition coefficient (Wildman–Crippen LogP) is 1.60. The van der Waals surface area contributed by atoms with Crippen molar-refractivity contribution in [2.45, 2.75) is 6.04 Å². The van der Waals surface area contributed by atoms with Gasteiger partial charge in [0, 0.05) is 6.54 Å². The van der Waals surface area contributed by atoms with Gasteiger partial charge in [0.1, 0.15) is 5.75 Å². The Morgan fingerprint density at radius 1 is 1.56 bits per heavy atom. The largest absolute Gasteiger partial charge is 0.497 e. The number of hydrogen-bond donors (Lipinski definition) is 1. The van der Waals surface area contributed by atoms with Gasteiger partial charge in [-0.25, -0.2) is 0 Å². The molecule has 1 rings (SSSR count). The second kappa shape index (κ2) is 6.81. The zero-order valence-corrected chi connectivity index (χ0v) is 11.1.